The van der Waals surface area contributed by atoms with Crippen LogP contribution in [-0.4, -0.2) is 10.4 Å². The number of carbonyl (C=O) groups is 1. The van der Waals surface area contributed by atoms with E-state index in [4.69, 9.17) is 5.73 Å². The average molecular weight is 300 g/mol. The van der Waals surface area contributed by atoms with Crippen LogP contribution >= 0.6 is 11.3 Å². The second-order valence-corrected chi connectivity index (χ2v) is 5.93. The second kappa shape index (κ2) is 5.69. The SMILES string of the molecule is CCCn1c(N)[n+](CC(=O)c2cccs2)c2ccccc21. The number of anilines is 1. The number of benzene rings is 1. The predicted octanol–water partition coefficient (Wildman–Crippen LogP) is 2.87. The van der Waals surface area contributed by atoms with Crippen molar-refractivity contribution < 1.29 is 9.36 Å². The van der Waals surface area contributed by atoms with Crippen molar-refractivity contribution in [1.29, 1.82) is 0 Å². The number of fused-ring (bicyclic) bond motifs is 1. The molecule has 0 unspecified atom stereocenters. The van der Waals surface area contributed by atoms with Gasteiger partial charge in [0.25, 0.3) is 0 Å². The van der Waals surface area contributed by atoms with Gasteiger partial charge < -0.3 is 0 Å². The van der Waals surface area contributed by atoms with Crippen molar-refractivity contribution in [2.24, 2.45) is 0 Å². The zero-order valence-corrected chi connectivity index (χ0v) is 12.8. The third-order valence-electron chi connectivity index (χ3n) is 3.56. The topological polar surface area (TPSA) is 51.9 Å². The van der Waals surface area contributed by atoms with Crippen LogP contribution < -0.4 is 10.3 Å². The number of ketones is 1. The molecule has 0 spiro atoms. The lowest BCUT2D eigenvalue weighted by Crippen LogP contribution is -2.40. The van der Waals surface area contributed by atoms with Gasteiger partial charge in [-0.1, -0.05) is 25.1 Å². The zero-order chi connectivity index (χ0) is 14.8. The fraction of sp³-hybridized carbons (Fsp3) is 0.250. The van der Waals surface area contributed by atoms with Gasteiger partial charge in [-0.2, -0.15) is 0 Å². The highest BCUT2D eigenvalue weighted by Gasteiger charge is 2.22. The maximum Gasteiger partial charge on any atom is 0.356 e. The summed E-state index contributed by atoms with van der Waals surface area (Å²) in [4.78, 5) is 13.1. The van der Waals surface area contributed by atoms with Gasteiger partial charge in [0.05, 0.1) is 11.4 Å². The molecule has 3 aromatic rings. The Labute approximate surface area is 127 Å². The van der Waals surface area contributed by atoms with Gasteiger partial charge in [-0.25, -0.2) is 9.13 Å². The Morgan fingerprint density at radius 2 is 2.10 bits per heavy atom. The normalized spacial score (nSPS) is 11.1. The number of thiophene rings is 1. The maximum atomic E-state index is 12.4. The molecule has 3 rings (SSSR count). The highest BCUT2D eigenvalue weighted by atomic mass is 32.1. The maximum absolute atomic E-state index is 12.4. The van der Waals surface area contributed by atoms with E-state index in [-0.39, 0.29) is 12.3 Å². The Balaban J connectivity index is 2.06. The van der Waals surface area contributed by atoms with Gasteiger partial charge in [0.2, 0.25) is 5.78 Å². The minimum atomic E-state index is 0.0982. The number of nitrogens with two attached hydrogens (primary N) is 1. The van der Waals surface area contributed by atoms with Crippen LogP contribution in [0.15, 0.2) is 41.8 Å². The average Bonchev–Trinajstić information content (AvgIpc) is 3.11. The van der Waals surface area contributed by atoms with Crippen LogP contribution in [0.5, 0.6) is 0 Å². The number of aromatic nitrogens is 2. The first-order valence-electron chi connectivity index (χ1n) is 7.05. The van der Waals surface area contributed by atoms with Gasteiger partial charge in [-0.05, 0) is 30.0 Å². The Morgan fingerprint density at radius 1 is 1.29 bits per heavy atom. The minimum absolute atomic E-state index is 0.0982. The summed E-state index contributed by atoms with van der Waals surface area (Å²) >= 11 is 1.47. The van der Waals surface area contributed by atoms with E-state index < -0.39 is 0 Å². The summed E-state index contributed by atoms with van der Waals surface area (Å²) < 4.78 is 3.99. The van der Waals surface area contributed by atoms with Crippen molar-refractivity contribution in [3.8, 4) is 0 Å². The van der Waals surface area contributed by atoms with Crippen LogP contribution in [0, 0.1) is 0 Å². The van der Waals surface area contributed by atoms with E-state index in [2.05, 4.69) is 11.5 Å². The van der Waals surface area contributed by atoms with Crippen LogP contribution in [-0.2, 0) is 13.1 Å². The van der Waals surface area contributed by atoms with E-state index in [0.717, 1.165) is 28.9 Å². The molecule has 21 heavy (non-hydrogen) atoms. The molecule has 0 atom stereocenters. The number of carbonyl (C=O) groups excluding carboxylic acids is 1. The van der Waals surface area contributed by atoms with E-state index in [0.29, 0.717) is 5.95 Å². The fourth-order valence-electron chi connectivity index (χ4n) is 2.60. The number of aryl methyl sites for hydroxylation is 1. The first-order chi connectivity index (χ1) is 10.2. The van der Waals surface area contributed by atoms with Crippen molar-refractivity contribution in [1.82, 2.24) is 4.57 Å². The number of nitrogen functional groups attached to an aromatic ring is 1. The van der Waals surface area contributed by atoms with Crippen molar-refractivity contribution in [2.75, 3.05) is 5.73 Å². The zero-order valence-electron chi connectivity index (χ0n) is 12.0. The van der Waals surface area contributed by atoms with Crippen LogP contribution in [0.1, 0.15) is 23.0 Å². The molecule has 0 amide bonds. The number of para-hydroxylation sites is 2. The summed E-state index contributed by atoms with van der Waals surface area (Å²) in [6, 6.07) is 11.8. The first-order valence-corrected chi connectivity index (χ1v) is 7.93. The van der Waals surface area contributed by atoms with Gasteiger partial charge in [0.15, 0.2) is 0 Å². The standard InChI is InChI=1S/C16H17N3OS/c1-2-9-18-12-6-3-4-7-13(12)19(16(18)17)11-14(20)15-8-5-10-21-15/h3-8,10,17H,2,9,11H2,1H3/p+1. The van der Waals surface area contributed by atoms with Gasteiger partial charge in [0.1, 0.15) is 17.6 Å². The molecule has 0 aliphatic rings. The number of Topliss-reactive ketones (excluding diaryl/α,β-unsaturated/α-hetero) is 1. The molecule has 0 saturated carbocycles. The molecule has 0 aliphatic carbocycles. The summed E-state index contributed by atoms with van der Waals surface area (Å²) in [5.41, 5.74) is 8.37. The van der Waals surface area contributed by atoms with Crippen molar-refractivity contribution in [3.05, 3.63) is 46.7 Å². The number of imidazole rings is 1. The second-order valence-electron chi connectivity index (χ2n) is 4.99. The number of rotatable bonds is 5. The number of nitrogens with zero attached hydrogens (tertiary/aromatic N) is 2. The first kappa shape index (κ1) is 13.8. The van der Waals surface area contributed by atoms with Crippen LogP contribution in [0.3, 0.4) is 0 Å². The molecule has 1 aromatic carbocycles. The van der Waals surface area contributed by atoms with Crippen LogP contribution in [0.2, 0.25) is 0 Å². The highest BCUT2D eigenvalue weighted by Crippen LogP contribution is 2.17. The molecule has 2 heterocycles. The highest BCUT2D eigenvalue weighted by molar-refractivity contribution is 7.12. The Hall–Kier alpha value is -2.14. The van der Waals surface area contributed by atoms with E-state index >= 15 is 0 Å². The number of hydrogen-bond acceptors (Lipinski definition) is 3. The molecule has 0 fully saturated rings. The van der Waals surface area contributed by atoms with Gasteiger partial charge in [0, 0.05) is 0 Å². The summed E-state index contributed by atoms with van der Waals surface area (Å²) in [7, 11) is 0. The third-order valence-corrected chi connectivity index (χ3v) is 4.47. The largest absolute Gasteiger partial charge is 0.356 e. The summed E-state index contributed by atoms with van der Waals surface area (Å²) in [6.45, 7) is 3.26. The molecular formula is C16H18N3OS+. The Bertz CT molecular complexity index is 774. The van der Waals surface area contributed by atoms with E-state index in [1.54, 1.807) is 0 Å². The fourth-order valence-corrected chi connectivity index (χ4v) is 3.25. The molecule has 0 saturated heterocycles. The Kier molecular flexibility index (Phi) is 3.75. The van der Waals surface area contributed by atoms with Gasteiger partial charge in [-0.3, -0.25) is 10.5 Å². The molecule has 108 valence electrons. The van der Waals surface area contributed by atoms with Gasteiger partial charge >= 0.3 is 5.95 Å². The molecule has 2 N–H and O–H groups in total. The van der Waals surface area contributed by atoms with Crippen LogP contribution in [0.4, 0.5) is 5.95 Å². The molecule has 4 nitrogen and oxygen atoms in total. The van der Waals surface area contributed by atoms with Crippen LogP contribution in [0.25, 0.3) is 11.0 Å². The summed E-state index contributed by atoms with van der Waals surface area (Å²) in [5.74, 6) is 0.740. The smallest absolute Gasteiger partial charge is 0.290 e. The monoisotopic (exact) mass is 300 g/mol. The lowest BCUT2D eigenvalue weighted by molar-refractivity contribution is -0.642. The quantitative estimate of drug-likeness (QED) is 0.582. The lowest BCUT2D eigenvalue weighted by Gasteiger charge is -2.00. The molecule has 0 radical (unpaired) electrons. The minimum Gasteiger partial charge on any atom is -0.290 e. The molecule has 0 aliphatic heterocycles. The lowest BCUT2D eigenvalue weighted by atomic mass is 10.3. The molecule has 5 heteroatoms. The molecular weight excluding hydrogens is 282 g/mol. The van der Waals surface area contributed by atoms with Gasteiger partial charge in [-0.15, -0.1) is 11.3 Å². The molecule has 2 aromatic heterocycles. The van der Waals surface area contributed by atoms with Crippen molar-refractivity contribution in [2.45, 2.75) is 26.4 Å². The van der Waals surface area contributed by atoms with Crippen molar-refractivity contribution >= 4 is 34.1 Å². The van der Waals surface area contributed by atoms with E-state index in [9.17, 15) is 4.79 Å². The van der Waals surface area contributed by atoms with Crippen molar-refractivity contribution in [3.63, 3.8) is 0 Å². The predicted molar refractivity (Wildman–Crippen MR) is 85.5 cm³/mol. The molecule has 0 bridgehead atoms. The summed E-state index contributed by atoms with van der Waals surface area (Å²) in [5, 5.41) is 1.92. The third kappa shape index (κ3) is 2.45. The van der Waals surface area contributed by atoms with E-state index in [1.807, 2.05) is 46.3 Å². The number of hydrogen-bond donors (Lipinski definition) is 1. The summed E-state index contributed by atoms with van der Waals surface area (Å²) in [6.07, 6.45) is 1.00. The van der Waals surface area contributed by atoms with E-state index in [1.165, 1.54) is 11.3 Å². The Morgan fingerprint density at radius 3 is 2.81 bits per heavy atom.